The van der Waals surface area contributed by atoms with E-state index in [0.29, 0.717) is 44.7 Å². The zero-order valence-electron chi connectivity index (χ0n) is 45.6. The number of nitrogens with zero attached hydrogens (tertiary/aromatic N) is 5. The number of hydrogen-bond acceptors (Lipinski definition) is 2. The summed E-state index contributed by atoms with van der Waals surface area (Å²) in [6, 6.07) is 43.6. The Balaban J connectivity index is -0.000000888. The molecule has 2 aliphatic carbocycles. The summed E-state index contributed by atoms with van der Waals surface area (Å²) in [5.41, 5.74) is 5.05. The largest absolute Gasteiger partial charge is 0.632 e. The van der Waals surface area contributed by atoms with Crippen molar-refractivity contribution in [1.29, 1.82) is 0 Å². The van der Waals surface area contributed by atoms with Crippen LogP contribution in [0.15, 0.2) is 171 Å². The number of ether oxygens (including phenoxy) is 1. The van der Waals surface area contributed by atoms with Crippen LogP contribution in [0.4, 0.5) is 0 Å². The van der Waals surface area contributed by atoms with Crippen molar-refractivity contribution in [2.24, 2.45) is 29.6 Å². The monoisotopic (exact) mass is 1080 g/mol. The van der Waals surface area contributed by atoms with Crippen molar-refractivity contribution in [3.05, 3.63) is 193 Å². The van der Waals surface area contributed by atoms with Gasteiger partial charge in [0.2, 0.25) is 5.69 Å². The highest BCUT2D eigenvalue weighted by Crippen LogP contribution is 2.36. The zero-order chi connectivity index (χ0) is 51.0. The van der Waals surface area contributed by atoms with Crippen molar-refractivity contribution in [2.45, 2.75) is 203 Å². The molecule has 2 unspecified atom stereocenters. The summed E-state index contributed by atoms with van der Waals surface area (Å²) >= 11 is 0. The average molecular weight is 1080 g/mol. The van der Waals surface area contributed by atoms with Crippen LogP contribution in [-0.4, -0.2) is 30.9 Å². The summed E-state index contributed by atoms with van der Waals surface area (Å²) in [5, 5.41) is 12.4. The van der Waals surface area contributed by atoms with Gasteiger partial charge < -0.3 is 14.6 Å². The fourth-order valence-corrected chi connectivity index (χ4v) is 10.00. The van der Waals surface area contributed by atoms with Crippen LogP contribution in [0, 0.1) is 34.8 Å². The molecule has 5 heterocycles. The van der Waals surface area contributed by atoms with E-state index in [0.717, 1.165) is 53.8 Å². The first-order valence-corrected chi connectivity index (χ1v) is 27.4. The topological polar surface area (TPSA) is 47.8 Å². The van der Waals surface area contributed by atoms with E-state index in [4.69, 9.17) is 4.74 Å². The van der Waals surface area contributed by atoms with Crippen LogP contribution in [0.3, 0.4) is 0 Å². The third kappa shape index (κ3) is 27.2. The van der Waals surface area contributed by atoms with Crippen molar-refractivity contribution in [3.63, 3.8) is 0 Å². The van der Waals surface area contributed by atoms with Gasteiger partial charge in [0.05, 0.1) is 13.2 Å². The van der Waals surface area contributed by atoms with Crippen molar-refractivity contribution >= 4 is 0 Å². The van der Waals surface area contributed by atoms with E-state index in [1.165, 1.54) is 61.8 Å². The average Bonchev–Trinajstić information content (AvgIpc) is 3.90. The van der Waals surface area contributed by atoms with E-state index in [9.17, 15) is 5.21 Å². The Bertz CT molecular complexity index is 2270. The van der Waals surface area contributed by atoms with Crippen LogP contribution in [-0.2, 0) is 17.8 Å². The van der Waals surface area contributed by atoms with E-state index >= 15 is 0 Å². The predicted molar refractivity (Wildman–Crippen MR) is 339 cm³/mol. The highest BCUT2D eigenvalue weighted by atomic mass is 16.6. The summed E-state index contributed by atoms with van der Waals surface area (Å²) < 4.78 is 14.2. The molecule has 3 aliphatic rings. The van der Waals surface area contributed by atoms with E-state index < -0.39 is 0 Å². The van der Waals surface area contributed by atoms with Crippen LogP contribution < -0.4 is 18.3 Å². The third-order valence-corrected chi connectivity index (χ3v) is 14.7. The second kappa shape index (κ2) is 41.0. The molecule has 2 atom stereocenters. The van der Waals surface area contributed by atoms with Crippen molar-refractivity contribution in [2.75, 3.05) is 26.3 Å². The zero-order valence-corrected chi connectivity index (χ0v) is 45.6. The first kappa shape index (κ1) is 77.2. The molecular weight excluding hydrogens is 955 g/mol. The molecule has 3 fully saturated rings. The maximum Gasteiger partial charge on any atom is 0.210 e. The molecule has 2 saturated carbocycles. The second-order valence-electron chi connectivity index (χ2n) is 22.1. The molecule has 6 aromatic rings. The minimum atomic E-state index is -0.138. The number of benzene rings is 2. The van der Waals surface area contributed by atoms with Crippen molar-refractivity contribution in [1.82, 2.24) is 0 Å². The van der Waals surface area contributed by atoms with Gasteiger partial charge >= 0.3 is 0 Å². The van der Waals surface area contributed by atoms with Gasteiger partial charge in [-0.25, -0.2) is 13.7 Å². The SMILES string of the molecule is C.C.C.C.C.C.C.CC(C)C1CCC([n+]2ccccc2)C1.CC(C)C1CCC([n+]2ccccc2)CC1.CC(C)C[n+]1ccccc1.CC(C)c1ccc(-[n+]2ccccc2)cc1.CC(C)c1ccc(C[N+]2([O-])CCOCC2)cc1. The fraction of sp³-hybridized carbons (Fsp3) is 0.549. The van der Waals surface area contributed by atoms with E-state index in [1.807, 2.05) is 24.3 Å². The molecule has 0 bridgehead atoms. The highest BCUT2D eigenvalue weighted by Gasteiger charge is 2.32. The molecule has 0 radical (unpaired) electrons. The number of hydroxylamine groups is 3. The molecule has 78 heavy (non-hydrogen) atoms. The van der Waals surface area contributed by atoms with Gasteiger partial charge in [0.25, 0.3) is 0 Å². The molecule has 1 saturated heterocycles. The Morgan fingerprint density at radius 3 is 1.26 bits per heavy atom. The van der Waals surface area contributed by atoms with Gasteiger partial charge in [-0.15, -0.1) is 0 Å². The number of quaternary nitrogens is 1. The Hall–Kier alpha value is -5.08. The van der Waals surface area contributed by atoms with Gasteiger partial charge in [0.15, 0.2) is 68.2 Å². The maximum atomic E-state index is 12.4. The molecule has 4 aromatic heterocycles. The van der Waals surface area contributed by atoms with Gasteiger partial charge in [0, 0.05) is 97.8 Å². The molecule has 0 spiro atoms. The Labute approximate surface area is 483 Å². The number of aromatic nitrogens is 4. The molecule has 0 N–H and O–H groups in total. The van der Waals surface area contributed by atoms with Gasteiger partial charge in [-0.05, 0) is 65.9 Å². The molecule has 7 nitrogen and oxygen atoms in total. The first-order chi connectivity index (χ1) is 34.2. The lowest BCUT2D eigenvalue weighted by atomic mass is 9.79. The number of morpholine rings is 1. The molecule has 9 rings (SSSR count). The van der Waals surface area contributed by atoms with Gasteiger partial charge in [-0.3, -0.25) is 0 Å². The normalized spacial score (nSPS) is 17.6. The summed E-state index contributed by atoms with van der Waals surface area (Å²) in [7, 11) is 0. The van der Waals surface area contributed by atoms with Gasteiger partial charge in [-0.1, -0.05) is 182 Å². The fourth-order valence-electron chi connectivity index (χ4n) is 10.00. The summed E-state index contributed by atoms with van der Waals surface area (Å²) in [6.07, 6.45) is 26.8. The van der Waals surface area contributed by atoms with Crippen LogP contribution in [0.25, 0.3) is 5.69 Å². The Morgan fingerprint density at radius 2 is 0.846 bits per heavy atom. The van der Waals surface area contributed by atoms with Crippen LogP contribution >= 0.6 is 0 Å². The second-order valence-corrected chi connectivity index (χ2v) is 22.1. The molecule has 7 heteroatoms. The standard InChI is InChI=1S/C14H21NO2.C14H22N.C14H16N.C13H20N.C9H14N.7CH4/c1-12(2)14-5-3-13(4-6-14)11-15(16)7-9-17-10-8-15;2*1-12(2)13-6-8-14(9-7-13)15-10-4-3-5-11-15;1-11(2)12-6-7-13(10-12)14-8-4-3-5-9-14;1-9(2)8-10-6-4-3-5-7-10;;;;;;;/h3-6,12H,7-11H2,1-2H3;3-5,10-14H,6-9H2,1-2H3;3-12H,1-2H3;3-5,8-9,11-13H,6-7,10H2,1-2H3;3-7,9H,8H2,1-2H3;7*1H4/q;4*+1;;;;;;;. The smallest absolute Gasteiger partial charge is 0.210 e. The van der Waals surface area contributed by atoms with E-state index in [2.05, 4.69) is 234 Å². The van der Waals surface area contributed by atoms with Crippen LogP contribution in [0.5, 0.6) is 0 Å². The van der Waals surface area contributed by atoms with Gasteiger partial charge in [0.1, 0.15) is 19.6 Å². The number of hydrogen-bond donors (Lipinski definition) is 0. The minimum absolute atomic E-state index is 0. The summed E-state index contributed by atoms with van der Waals surface area (Å²) in [4.78, 5) is 0. The molecule has 438 valence electrons. The molecular formula is C71H121N5O2+4. The maximum absolute atomic E-state index is 12.4. The van der Waals surface area contributed by atoms with Crippen molar-refractivity contribution < 1.29 is 27.7 Å². The highest BCUT2D eigenvalue weighted by molar-refractivity contribution is 5.29. The quantitative estimate of drug-likeness (QED) is 0.0737. The third-order valence-electron chi connectivity index (χ3n) is 14.7. The molecule has 2 aromatic carbocycles. The van der Waals surface area contributed by atoms with E-state index in [1.54, 1.807) is 0 Å². The number of rotatable bonds is 11. The summed E-state index contributed by atoms with van der Waals surface area (Å²) in [6.45, 7) is 26.7. The van der Waals surface area contributed by atoms with Crippen LogP contribution in [0.1, 0.15) is 207 Å². The lowest BCUT2D eigenvalue weighted by Gasteiger charge is -2.45. The Morgan fingerprint density at radius 1 is 0.462 bits per heavy atom. The van der Waals surface area contributed by atoms with Crippen molar-refractivity contribution in [3.8, 4) is 5.69 Å². The summed E-state index contributed by atoms with van der Waals surface area (Å²) in [5.74, 6) is 5.49. The first-order valence-electron chi connectivity index (χ1n) is 27.4. The Kier molecular flexibility index (Phi) is 40.6. The molecule has 0 amide bonds. The van der Waals surface area contributed by atoms with E-state index in [-0.39, 0.29) is 56.6 Å². The lowest BCUT2D eigenvalue weighted by Crippen LogP contribution is -2.49. The number of pyridine rings is 4. The van der Waals surface area contributed by atoms with Crippen LogP contribution in [0.2, 0.25) is 0 Å². The molecule has 1 aliphatic heterocycles. The lowest BCUT2D eigenvalue weighted by molar-refractivity contribution is -0.901. The predicted octanol–water partition coefficient (Wildman–Crippen LogP) is 18.2. The van der Waals surface area contributed by atoms with Gasteiger partial charge in [-0.2, -0.15) is 4.57 Å². The minimum Gasteiger partial charge on any atom is -0.632 e.